The number of nitrogens with one attached hydrogen (secondary N) is 1. The summed E-state index contributed by atoms with van der Waals surface area (Å²) < 4.78 is 5.54. The van der Waals surface area contributed by atoms with Crippen LogP contribution in [0.25, 0.3) is 11.3 Å². The van der Waals surface area contributed by atoms with Crippen molar-refractivity contribution in [2.45, 2.75) is 0 Å². The number of carboxylic acids is 2. The Kier molecular flexibility index (Phi) is 5.40. The van der Waals surface area contributed by atoms with E-state index in [2.05, 4.69) is 10.5 Å². The molecule has 0 atom stereocenters. The third-order valence-electron chi connectivity index (χ3n) is 3.90. The molecule has 0 saturated carbocycles. The predicted molar refractivity (Wildman–Crippen MR) is 104 cm³/mol. The highest BCUT2D eigenvalue weighted by molar-refractivity contribution is 5.99. The minimum absolute atomic E-state index is 0.181. The van der Waals surface area contributed by atoms with E-state index < -0.39 is 17.8 Å². The Hall–Kier alpha value is -4.40. The molecule has 9 heteroatoms. The average molecular weight is 393 g/mol. The van der Waals surface area contributed by atoms with E-state index in [0.29, 0.717) is 5.69 Å². The Morgan fingerprint density at radius 2 is 1.62 bits per heavy atom. The number of carbonyl (C=O) groups excluding carboxylic acids is 1. The molecule has 0 bridgehead atoms. The summed E-state index contributed by atoms with van der Waals surface area (Å²) in [6.07, 6.45) is 1.25. The van der Waals surface area contributed by atoms with Gasteiger partial charge in [0.1, 0.15) is 11.5 Å². The quantitative estimate of drug-likeness (QED) is 0.285. The van der Waals surface area contributed by atoms with Gasteiger partial charge in [-0.3, -0.25) is 4.79 Å². The minimum atomic E-state index is -1.26. The molecule has 1 aromatic heterocycles. The van der Waals surface area contributed by atoms with Gasteiger partial charge >= 0.3 is 11.9 Å². The fourth-order valence-electron chi connectivity index (χ4n) is 2.51. The molecular formula is C20H15N3O6. The van der Waals surface area contributed by atoms with Gasteiger partial charge in [-0.15, -0.1) is 0 Å². The van der Waals surface area contributed by atoms with E-state index in [9.17, 15) is 14.4 Å². The molecule has 146 valence electrons. The van der Waals surface area contributed by atoms with Crippen LogP contribution in [-0.2, 0) is 0 Å². The smallest absolute Gasteiger partial charge is 0.335 e. The number of hydrogen-bond donors (Lipinski definition) is 4. The molecule has 0 aliphatic heterocycles. The van der Waals surface area contributed by atoms with Crippen LogP contribution in [0, 0.1) is 0 Å². The number of rotatable bonds is 6. The Morgan fingerprint density at radius 3 is 2.24 bits per heavy atom. The number of furan rings is 1. The Morgan fingerprint density at radius 1 is 0.966 bits per heavy atom. The lowest BCUT2D eigenvalue weighted by atomic mass is 10.0. The van der Waals surface area contributed by atoms with E-state index in [0.717, 1.165) is 6.07 Å². The van der Waals surface area contributed by atoms with Crippen LogP contribution in [-0.4, -0.2) is 34.3 Å². The van der Waals surface area contributed by atoms with Crippen LogP contribution in [0.5, 0.6) is 0 Å². The van der Waals surface area contributed by atoms with Gasteiger partial charge in [0.25, 0.3) is 5.91 Å². The van der Waals surface area contributed by atoms with Crippen molar-refractivity contribution in [1.82, 2.24) is 5.43 Å². The summed E-state index contributed by atoms with van der Waals surface area (Å²) in [5.74, 6) is -2.50. The zero-order chi connectivity index (χ0) is 21.0. The molecular weight excluding hydrogens is 378 g/mol. The van der Waals surface area contributed by atoms with E-state index in [4.69, 9.17) is 20.4 Å². The molecule has 0 spiro atoms. The van der Waals surface area contributed by atoms with Crippen molar-refractivity contribution in [2.24, 2.45) is 5.10 Å². The number of aromatic carboxylic acids is 2. The highest BCUT2D eigenvalue weighted by atomic mass is 16.4. The number of nitrogen functional groups attached to an aromatic ring is 1. The normalized spacial score (nSPS) is 10.8. The van der Waals surface area contributed by atoms with E-state index in [1.165, 1.54) is 30.5 Å². The summed E-state index contributed by atoms with van der Waals surface area (Å²) in [5, 5.41) is 22.1. The van der Waals surface area contributed by atoms with Crippen LogP contribution >= 0.6 is 0 Å². The summed E-state index contributed by atoms with van der Waals surface area (Å²) in [6.45, 7) is 0. The maximum atomic E-state index is 12.0. The van der Waals surface area contributed by atoms with Crippen LogP contribution in [0.2, 0.25) is 0 Å². The minimum Gasteiger partial charge on any atom is -0.478 e. The molecule has 3 aromatic rings. The van der Waals surface area contributed by atoms with Gasteiger partial charge in [0.2, 0.25) is 0 Å². The number of benzene rings is 2. The third-order valence-corrected chi connectivity index (χ3v) is 3.90. The van der Waals surface area contributed by atoms with Gasteiger partial charge < -0.3 is 20.4 Å². The van der Waals surface area contributed by atoms with Crippen molar-refractivity contribution in [3.8, 4) is 11.3 Å². The molecule has 0 saturated heterocycles. The van der Waals surface area contributed by atoms with Gasteiger partial charge in [-0.25, -0.2) is 15.0 Å². The van der Waals surface area contributed by atoms with Crippen LogP contribution < -0.4 is 11.2 Å². The molecule has 29 heavy (non-hydrogen) atoms. The second-order valence-corrected chi connectivity index (χ2v) is 5.90. The van der Waals surface area contributed by atoms with Crippen molar-refractivity contribution in [2.75, 3.05) is 5.73 Å². The first kappa shape index (κ1) is 19.4. The van der Waals surface area contributed by atoms with Crippen LogP contribution in [0.4, 0.5) is 5.69 Å². The SMILES string of the molecule is Nc1ccccc1C(=O)N/N=C\c1ccc(-c2cc(C(=O)O)cc(C(=O)O)c2)o1. The fourth-order valence-corrected chi connectivity index (χ4v) is 2.51. The Balaban J connectivity index is 1.78. The first-order valence-electron chi connectivity index (χ1n) is 8.25. The number of nitrogens with zero attached hydrogens (tertiary/aromatic N) is 1. The van der Waals surface area contributed by atoms with Crippen LogP contribution in [0.1, 0.15) is 36.8 Å². The standard InChI is InChI=1S/C20H15N3O6/c21-16-4-2-1-3-15(16)18(24)23-22-10-14-5-6-17(29-14)11-7-12(19(25)26)9-13(8-11)20(27)28/h1-10H,21H2,(H,23,24)(H,25,26)(H,27,28)/b22-10-. The van der Waals surface area contributed by atoms with Crippen molar-refractivity contribution in [3.63, 3.8) is 0 Å². The van der Waals surface area contributed by atoms with E-state index in [-0.39, 0.29) is 33.8 Å². The molecule has 3 rings (SSSR count). The monoisotopic (exact) mass is 393 g/mol. The Bertz CT molecular complexity index is 1100. The van der Waals surface area contributed by atoms with Crippen molar-refractivity contribution < 1.29 is 29.0 Å². The van der Waals surface area contributed by atoms with E-state index in [1.54, 1.807) is 24.3 Å². The van der Waals surface area contributed by atoms with E-state index in [1.807, 2.05) is 0 Å². The molecule has 0 aliphatic rings. The lowest BCUT2D eigenvalue weighted by molar-refractivity contribution is 0.0696. The molecule has 5 N–H and O–H groups in total. The van der Waals surface area contributed by atoms with Crippen LogP contribution in [0.15, 0.2) is 64.1 Å². The second-order valence-electron chi connectivity index (χ2n) is 5.90. The summed E-state index contributed by atoms with van der Waals surface area (Å²) in [6, 6.07) is 13.3. The zero-order valence-electron chi connectivity index (χ0n) is 14.8. The van der Waals surface area contributed by atoms with Gasteiger partial charge in [0.15, 0.2) is 0 Å². The molecule has 0 unspecified atom stereocenters. The second kappa shape index (κ2) is 8.09. The highest BCUT2D eigenvalue weighted by Crippen LogP contribution is 2.24. The van der Waals surface area contributed by atoms with Gasteiger partial charge in [-0.1, -0.05) is 12.1 Å². The van der Waals surface area contributed by atoms with Gasteiger partial charge in [-0.2, -0.15) is 5.10 Å². The van der Waals surface area contributed by atoms with Crippen molar-refractivity contribution >= 4 is 29.7 Å². The number of carboxylic acid groups (broad SMARTS) is 2. The topological polar surface area (TPSA) is 155 Å². The summed E-state index contributed by atoms with van der Waals surface area (Å²) in [7, 11) is 0. The predicted octanol–water partition coefficient (Wildman–Crippen LogP) is 2.69. The fraction of sp³-hybridized carbons (Fsp3) is 0. The lowest BCUT2D eigenvalue weighted by Gasteiger charge is -2.03. The van der Waals surface area contributed by atoms with Crippen LogP contribution in [0.3, 0.4) is 0 Å². The molecule has 1 amide bonds. The number of nitrogens with two attached hydrogens (primary N) is 1. The van der Waals surface area contributed by atoms with Gasteiger partial charge in [-0.05, 0) is 42.5 Å². The number of hydrogen-bond acceptors (Lipinski definition) is 6. The van der Waals surface area contributed by atoms with Crippen molar-refractivity contribution in [3.05, 3.63) is 77.0 Å². The first-order valence-corrected chi connectivity index (χ1v) is 8.25. The number of anilines is 1. The summed E-state index contributed by atoms with van der Waals surface area (Å²) in [4.78, 5) is 34.5. The molecule has 0 aliphatic carbocycles. The number of hydrazone groups is 1. The third kappa shape index (κ3) is 4.48. The average Bonchev–Trinajstić information content (AvgIpc) is 3.16. The number of para-hydroxylation sites is 1. The Labute approximate surface area is 164 Å². The highest BCUT2D eigenvalue weighted by Gasteiger charge is 2.14. The first-order chi connectivity index (χ1) is 13.8. The van der Waals surface area contributed by atoms with Gasteiger partial charge in [0, 0.05) is 11.3 Å². The number of amides is 1. The molecule has 2 aromatic carbocycles. The summed E-state index contributed by atoms with van der Waals surface area (Å²) in [5.41, 5.74) is 8.55. The van der Waals surface area contributed by atoms with Crippen molar-refractivity contribution in [1.29, 1.82) is 0 Å². The van der Waals surface area contributed by atoms with Gasteiger partial charge in [0.05, 0.1) is 22.9 Å². The van der Waals surface area contributed by atoms with E-state index >= 15 is 0 Å². The molecule has 1 heterocycles. The zero-order valence-corrected chi connectivity index (χ0v) is 14.8. The summed E-state index contributed by atoms with van der Waals surface area (Å²) >= 11 is 0. The number of carbonyl (C=O) groups is 3. The molecule has 9 nitrogen and oxygen atoms in total. The largest absolute Gasteiger partial charge is 0.478 e. The molecule has 0 radical (unpaired) electrons. The molecule has 0 fully saturated rings. The maximum absolute atomic E-state index is 12.0. The lowest BCUT2D eigenvalue weighted by Crippen LogP contribution is -2.18. The maximum Gasteiger partial charge on any atom is 0.335 e.